The largest absolute Gasteiger partial charge is 0.292 e. The Bertz CT molecular complexity index is 613. The van der Waals surface area contributed by atoms with Crippen LogP contribution in [0.4, 0.5) is 4.39 Å². The van der Waals surface area contributed by atoms with Crippen LogP contribution < -0.4 is 0 Å². The number of hydrogen-bond acceptors (Lipinski definition) is 2. The van der Waals surface area contributed by atoms with Gasteiger partial charge in [-0.3, -0.25) is 9.78 Å². The first-order valence-electron chi connectivity index (χ1n) is 6.03. The maximum absolute atomic E-state index is 13.6. The van der Waals surface area contributed by atoms with Crippen LogP contribution in [0, 0.1) is 5.82 Å². The van der Waals surface area contributed by atoms with Gasteiger partial charge in [0.2, 0.25) is 0 Å². The van der Waals surface area contributed by atoms with Gasteiger partial charge in [0, 0.05) is 17.1 Å². The van der Waals surface area contributed by atoms with Crippen LogP contribution >= 0.6 is 15.9 Å². The standard InChI is InChI=1S/C15H13BrFNO/c1-2-10-4-3-7-18-15(10)14(19)9-11-8-12(16)5-6-13(11)17/h3-8H,2,9H2,1H3. The van der Waals surface area contributed by atoms with Crippen molar-refractivity contribution in [3.05, 3.63) is 63.6 Å². The molecule has 19 heavy (non-hydrogen) atoms. The van der Waals surface area contributed by atoms with E-state index in [4.69, 9.17) is 0 Å². The van der Waals surface area contributed by atoms with Gasteiger partial charge >= 0.3 is 0 Å². The normalized spacial score (nSPS) is 10.5. The van der Waals surface area contributed by atoms with Gasteiger partial charge in [-0.15, -0.1) is 0 Å². The van der Waals surface area contributed by atoms with Crippen LogP contribution in [-0.4, -0.2) is 10.8 Å². The predicted octanol–water partition coefficient (Wildman–Crippen LogP) is 3.97. The molecule has 2 nitrogen and oxygen atoms in total. The van der Waals surface area contributed by atoms with Gasteiger partial charge in [0.1, 0.15) is 11.5 Å². The van der Waals surface area contributed by atoms with Crippen LogP contribution in [0.1, 0.15) is 28.5 Å². The molecule has 0 aliphatic carbocycles. The first-order chi connectivity index (χ1) is 9.11. The minimum atomic E-state index is -0.370. The molecule has 0 bridgehead atoms. The summed E-state index contributed by atoms with van der Waals surface area (Å²) in [4.78, 5) is 16.3. The fourth-order valence-electron chi connectivity index (χ4n) is 1.91. The van der Waals surface area contributed by atoms with Crippen molar-refractivity contribution in [2.24, 2.45) is 0 Å². The quantitative estimate of drug-likeness (QED) is 0.797. The van der Waals surface area contributed by atoms with Gasteiger partial charge in [-0.1, -0.05) is 28.9 Å². The third kappa shape index (κ3) is 3.26. The highest BCUT2D eigenvalue weighted by atomic mass is 79.9. The van der Waals surface area contributed by atoms with Gasteiger partial charge in [0.05, 0.1) is 0 Å². The van der Waals surface area contributed by atoms with Crippen molar-refractivity contribution in [1.29, 1.82) is 0 Å². The highest BCUT2D eigenvalue weighted by Gasteiger charge is 2.14. The van der Waals surface area contributed by atoms with E-state index in [1.807, 2.05) is 13.0 Å². The van der Waals surface area contributed by atoms with Gasteiger partial charge in [0.25, 0.3) is 0 Å². The summed E-state index contributed by atoms with van der Waals surface area (Å²) in [5.74, 6) is -0.528. The number of aryl methyl sites for hydroxylation is 1. The number of hydrogen-bond donors (Lipinski definition) is 0. The maximum atomic E-state index is 13.6. The molecule has 4 heteroatoms. The van der Waals surface area contributed by atoms with Gasteiger partial charge in [-0.05, 0) is 41.8 Å². The van der Waals surface area contributed by atoms with Crippen molar-refractivity contribution in [3.8, 4) is 0 Å². The number of halogens is 2. The van der Waals surface area contributed by atoms with Crippen LogP contribution in [0.5, 0.6) is 0 Å². The van der Waals surface area contributed by atoms with E-state index in [0.29, 0.717) is 11.3 Å². The minimum absolute atomic E-state index is 0.0231. The first kappa shape index (κ1) is 13.9. The third-order valence-electron chi connectivity index (χ3n) is 2.90. The van der Waals surface area contributed by atoms with Crippen molar-refractivity contribution >= 4 is 21.7 Å². The van der Waals surface area contributed by atoms with E-state index < -0.39 is 0 Å². The van der Waals surface area contributed by atoms with Crippen LogP contribution in [0.3, 0.4) is 0 Å². The Labute approximate surface area is 119 Å². The van der Waals surface area contributed by atoms with Crippen molar-refractivity contribution < 1.29 is 9.18 Å². The Balaban J connectivity index is 2.28. The zero-order valence-electron chi connectivity index (χ0n) is 10.5. The molecule has 0 saturated carbocycles. The number of aromatic nitrogens is 1. The fraction of sp³-hybridized carbons (Fsp3) is 0.200. The SMILES string of the molecule is CCc1cccnc1C(=O)Cc1cc(Br)ccc1F. The number of rotatable bonds is 4. The second kappa shape index (κ2) is 6.06. The zero-order chi connectivity index (χ0) is 13.8. The molecular formula is C15H13BrFNO. The smallest absolute Gasteiger partial charge is 0.185 e. The number of Topliss-reactive ketones (excluding diaryl/α,β-unsaturated/α-hetero) is 1. The van der Waals surface area contributed by atoms with Crippen LogP contribution in [0.15, 0.2) is 41.0 Å². The molecule has 0 amide bonds. The lowest BCUT2D eigenvalue weighted by Gasteiger charge is -2.06. The molecule has 1 aromatic heterocycles. The molecule has 98 valence electrons. The molecule has 0 aliphatic heterocycles. The molecule has 0 radical (unpaired) electrons. The number of nitrogens with zero attached hydrogens (tertiary/aromatic N) is 1. The monoisotopic (exact) mass is 321 g/mol. The van der Waals surface area contributed by atoms with Gasteiger partial charge < -0.3 is 0 Å². The first-order valence-corrected chi connectivity index (χ1v) is 6.82. The molecule has 0 spiro atoms. The summed E-state index contributed by atoms with van der Waals surface area (Å²) < 4.78 is 14.4. The molecular weight excluding hydrogens is 309 g/mol. The number of pyridine rings is 1. The number of carbonyl (C=O) groups excluding carboxylic acids is 1. The van der Waals surface area contributed by atoms with Crippen molar-refractivity contribution in [2.75, 3.05) is 0 Å². The molecule has 1 heterocycles. The minimum Gasteiger partial charge on any atom is -0.292 e. The Morgan fingerprint density at radius 1 is 1.32 bits per heavy atom. The van der Waals surface area contributed by atoms with E-state index in [2.05, 4.69) is 20.9 Å². The molecule has 0 aliphatic rings. The summed E-state index contributed by atoms with van der Waals surface area (Å²) in [6.45, 7) is 1.97. The Morgan fingerprint density at radius 2 is 2.11 bits per heavy atom. The zero-order valence-corrected chi connectivity index (χ0v) is 12.1. The molecule has 0 saturated heterocycles. The second-order valence-corrected chi connectivity index (χ2v) is 5.12. The van der Waals surface area contributed by atoms with Crippen molar-refractivity contribution in [3.63, 3.8) is 0 Å². The Kier molecular flexibility index (Phi) is 4.43. The lowest BCUT2D eigenvalue weighted by atomic mass is 10.0. The topological polar surface area (TPSA) is 30.0 Å². The van der Waals surface area contributed by atoms with Crippen LogP contribution in [0.25, 0.3) is 0 Å². The highest BCUT2D eigenvalue weighted by Crippen LogP contribution is 2.18. The van der Waals surface area contributed by atoms with Gasteiger partial charge in [-0.2, -0.15) is 0 Å². The summed E-state index contributed by atoms with van der Waals surface area (Å²) in [6, 6.07) is 8.27. The van der Waals surface area contributed by atoms with Crippen LogP contribution in [-0.2, 0) is 12.8 Å². The number of ketones is 1. The lowest BCUT2D eigenvalue weighted by molar-refractivity contribution is 0.0986. The Morgan fingerprint density at radius 3 is 2.84 bits per heavy atom. The molecule has 0 N–H and O–H groups in total. The van der Waals surface area contributed by atoms with Crippen LogP contribution in [0.2, 0.25) is 0 Å². The number of benzene rings is 1. The fourth-order valence-corrected chi connectivity index (χ4v) is 2.32. The summed E-state index contributed by atoms with van der Waals surface area (Å²) in [7, 11) is 0. The van der Waals surface area contributed by atoms with E-state index in [0.717, 1.165) is 16.5 Å². The van der Waals surface area contributed by atoms with Gasteiger partial charge in [0.15, 0.2) is 5.78 Å². The van der Waals surface area contributed by atoms with E-state index in [1.165, 1.54) is 6.07 Å². The summed E-state index contributed by atoms with van der Waals surface area (Å²) in [5, 5.41) is 0. The Hall–Kier alpha value is -1.55. The van der Waals surface area contributed by atoms with E-state index in [9.17, 15) is 9.18 Å². The average molecular weight is 322 g/mol. The molecule has 0 fully saturated rings. The third-order valence-corrected chi connectivity index (χ3v) is 3.39. The van der Waals surface area contributed by atoms with E-state index in [-0.39, 0.29) is 18.0 Å². The molecule has 0 atom stereocenters. The van der Waals surface area contributed by atoms with Gasteiger partial charge in [-0.25, -0.2) is 4.39 Å². The van der Waals surface area contributed by atoms with Crippen molar-refractivity contribution in [2.45, 2.75) is 19.8 Å². The number of carbonyl (C=O) groups is 1. The molecule has 2 aromatic rings. The second-order valence-electron chi connectivity index (χ2n) is 4.20. The summed E-state index contributed by atoms with van der Waals surface area (Å²) in [5.41, 5.74) is 1.71. The lowest BCUT2D eigenvalue weighted by Crippen LogP contribution is -2.10. The predicted molar refractivity (Wildman–Crippen MR) is 75.7 cm³/mol. The summed E-state index contributed by atoms with van der Waals surface area (Å²) >= 11 is 3.28. The highest BCUT2D eigenvalue weighted by molar-refractivity contribution is 9.10. The molecule has 0 unspecified atom stereocenters. The van der Waals surface area contributed by atoms with E-state index in [1.54, 1.807) is 24.4 Å². The summed E-state index contributed by atoms with van der Waals surface area (Å²) in [6.07, 6.45) is 2.34. The average Bonchev–Trinajstić information content (AvgIpc) is 2.42. The van der Waals surface area contributed by atoms with E-state index >= 15 is 0 Å². The molecule has 2 rings (SSSR count). The van der Waals surface area contributed by atoms with Crippen molar-refractivity contribution in [1.82, 2.24) is 4.98 Å². The maximum Gasteiger partial charge on any atom is 0.185 e. The molecule has 1 aromatic carbocycles.